The van der Waals surface area contributed by atoms with Crippen LogP contribution in [0.4, 0.5) is 11.4 Å². The quantitative estimate of drug-likeness (QED) is 0.874. The average Bonchev–Trinajstić information content (AvgIpc) is 3.33. The van der Waals surface area contributed by atoms with E-state index < -0.39 is 0 Å². The Morgan fingerprint density at radius 1 is 1.04 bits per heavy atom. The first-order valence-corrected chi connectivity index (χ1v) is 8.79. The highest BCUT2D eigenvalue weighted by atomic mass is 16.1. The SMILES string of the molecule is O=C(Nc1cccc(NC2CCCC2)c1)c1ccnc(C2CC2)n1. The summed E-state index contributed by atoms with van der Waals surface area (Å²) in [6.45, 7) is 0. The smallest absolute Gasteiger partial charge is 0.274 e. The van der Waals surface area contributed by atoms with Crippen LogP contribution in [0.5, 0.6) is 0 Å². The van der Waals surface area contributed by atoms with Crippen LogP contribution in [0.3, 0.4) is 0 Å². The molecule has 0 atom stereocenters. The van der Waals surface area contributed by atoms with Crippen molar-refractivity contribution in [3.63, 3.8) is 0 Å². The van der Waals surface area contributed by atoms with Crippen LogP contribution in [0.25, 0.3) is 0 Å². The van der Waals surface area contributed by atoms with E-state index in [2.05, 4.69) is 20.6 Å². The van der Waals surface area contributed by atoms with Crippen molar-refractivity contribution in [3.05, 3.63) is 48.0 Å². The second-order valence-corrected chi connectivity index (χ2v) is 6.74. The van der Waals surface area contributed by atoms with Gasteiger partial charge in [0.15, 0.2) is 0 Å². The van der Waals surface area contributed by atoms with Crippen LogP contribution in [0.15, 0.2) is 36.5 Å². The summed E-state index contributed by atoms with van der Waals surface area (Å²) < 4.78 is 0. The van der Waals surface area contributed by atoms with Gasteiger partial charge < -0.3 is 10.6 Å². The Labute approximate surface area is 141 Å². The molecule has 5 nitrogen and oxygen atoms in total. The number of anilines is 2. The number of carbonyl (C=O) groups excluding carboxylic acids is 1. The van der Waals surface area contributed by atoms with E-state index in [4.69, 9.17) is 0 Å². The molecule has 0 saturated heterocycles. The highest BCUT2D eigenvalue weighted by Crippen LogP contribution is 2.37. The first-order valence-electron chi connectivity index (χ1n) is 8.79. The molecular formula is C19H22N4O. The number of rotatable bonds is 5. The number of amides is 1. The van der Waals surface area contributed by atoms with Gasteiger partial charge in [-0.15, -0.1) is 0 Å². The number of nitrogens with one attached hydrogen (secondary N) is 2. The Hall–Kier alpha value is -2.43. The average molecular weight is 322 g/mol. The maximum absolute atomic E-state index is 12.4. The van der Waals surface area contributed by atoms with E-state index in [0.717, 1.165) is 30.0 Å². The number of nitrogens with zero attached hydrogens (tertiary/aromatic N) is 2. The lowest BCUT2D eigenvalue weighted by atomic mass is 10.2. The zero-order valence-electron chi connectivity index (χ0n) is 13.7. The van der Waals surface area contributed by atoms with Gasteiger partial charge in [0.05, 0.1) is 0 Å². The normalized spacial score (nSPS) is 17.7. The van der Waals surface area contributed by atoms with E-state index in [1.54, 1.807) is 12.3 Å². The highest BCUT2D eigenvalue weighted by molar-refractivity contribution is 6.03. The molecule has 2 aliphatic carbocycles. The molecule has 0 aliphatic heterocycles. The molecule has 1 amide bonds. The molecule has 1 aromatic carbocycles. The third-order valence-electron chi connectivity index (χ3n) is 4.70. The Balaban J connectivity index is 1.44. The molecule has 0 bridgehead atoms. The van der Waals surface area contributed by atoms with E-state index in [1.807, 2.05) is 24.3 Å². The minimum Gasteiger partial charge on any atom is -0.382 e. The topological polar surface area (TPSA) is 66.9 Å². The first kappa shape index (κ1) is 15.1. The molecule has 2 aliphatic rings. The van der Waals surface area contributed by atoms with Crippen molar-refractivity contribution >= 4 is 17.3 Å². The van der Waals surface area contributed by atoms with Crippen molar-refractivity contribution in [2.75, 3.05) is 10.6 Å². The molecule has 0 radical (unpaired) electrons. The van der Waals surface area contributed by atoms with Crippen LogP contribution in [-0.2, 0) is 0 Å². The van der Waals surface area contributed by atoms with Crippen molar-refractivity contribution in [1.29, 1.82) is 0 Å². The van der Waals surface area contributed by atoms with Gasteiger partial charge in [-0.25, -0.2) is 9.97 Å². The zero-order valence-corrected chi connectivity index (χ0v) is 13.7. The summed E-state index contributed by atoms with van der Waals surface area (Å²) in [7, 11) is 0. The Morgan fingerprint density at radius 2 is 1.83 bits per heavy atom. The molecule has 1 aromatic heterocycles. The van der Waals surface area contributed by atoms with E-state index in [9.17, 15) is 4.79 Å². The minimum absolute atomic E-state index is 0.183. The van der Waals surface area contributed by atoms with Crippen LogP contribution in [0, 0.1) is 0 Å². The third-order valence-corrected chi connectivity index (χ3v) is 4.70. The van der Waals surface area contributed by atoms with E-state index in [1.165, 1.54) is 25.7 Å². The lowest BCUT2D eigenvalue weighted by Crippen LogP contribution is -2.16. The summed E-state index contributed by atoms with van der Waals surface area (Å²) in [4.78, 5) is 21.1. The standard InChI is InChI=1S/C19H22N4O/c24-19(17-10-11-20-18(23-17)13-8-9-13)22-16-7-3-6-15(12-16)21-14-4-1-2-5-14/h3,6-7,10-14,21H,1-2,4-5,8-9H2,(H,22,24). The van der Waals surface area contributed by atoms with Gasteiger partial charge in [0.25, 0.3) is 5.91 Å². The highest BCUT2D eigenvalue weighted by Gasteiger charge is 2.27. The van der Waals surface area contributed by atoms with Crippen molar-refractivity contribution in [2.24, 2.45) is 0 Å². The van der Waals surface area contributed by atoms with Gasteiger partial charge in [-0.1, -0.05) is 18.9 Å². The van der Waals surface area contributed by atoms with Crippen LogP contribution in [0.2, 0.25) is 0 Å². The Bertz CT molecular complexity index is 736. The van der Waals surface area contributed by atoms with Gasteiger partial charge in [-0.2, -0.15) is 0 Å². The molecule has 5 heteroatoms. The molecular weight excluding hydrogens is 300 g/mol. The first-order chi connectivity index (χ1) is 11.8. The van der Waals surface area contributed by atoms with Gasteiger partial charge in [-0.3, -0.25) is 4.79 Å². The molecule has 124 valence electrons. The van der Waals surface area contributed by atoms with E-state index in [0.29, 0.717) is 17.7 Å². The van der Waals surface area contributed by atoms with Crippen molar-refractivity contribution in [2.45, 2.75) is 50.5 Å². The summed E-state index contributed by atoms with van der Waals surface area (Å²) in [5.74, 6) is 1.05. The van der Waals surface area contributed by atoms with Crippen molar-refractivity contribution < 1.29 is 4.79 Å². The maximum Gasteiger partial charge on any atom is 0.274 e. The van der Waals surface area contributed by atoms with Crippen LogP contribution in [-0.4, -0.2) is 21.9 Å². The molecule has 2 fully saturated rings. The number of carbonyl (C=O) groups is 1. The fourth-order valence-electron chi connectivity index (χ4n) is 3.23. The lowest BCUT2D eigenvalue weighted by Gasteiger charge is -2.14. The summed E-state index contributed by atoms with van der Waals surface area (Å²) in [6.07, 6.45) is 8.97. The molecule has 0 spiro atoms. The van der Waals surface area contributed by atoms with Crippen molar-refractivity contribution in [1.82, 2.24) is 9.97 Å². The minimum atomic E-state index is -0.183. The summed E-state index contributed by atoms with van der Waals surface area (Å²) in [5, 5.41) is 6.49. The fourth-order valence-corrected chi connectivity index (χ4v) is 3.23. The third kappa shape index (κ3) is 3.55. The largest absolute Gasteiger partial charge is 0.382 e. The zero-order chi connectivity index (χ0) is 16.4. The van der Waals surface area contributed by atoms with Gasteiger partial charge in [0.2, 0.25) is 0 Å². The second-order valence-electron chi connectivity index (χ2n) is 6.74. The molecule has 2 aromatic rings. The lowest BCUT2D eigenvalue weighted by molar-refractivity contribution is 0.102. The predicted octanol–water partition coefficient (Wildman–Crippen LogP) is 3.96. The monoisotopic (exact) mass is 322 g/mol. The Kier molecular flexibility index (Phi) is 4.15. The molecule has 4 rings (SSSR count). The molecule has 0 unspecified atom stereocenters. The Morgan fingerprint density at radius 3 is 2.62 bits per heavy atom. The van der Waals surface area contributed by atoms with Gasteiger partial charge in [0.1, 0.15) is 11.5 Å². The summed E-state index contributed by atoms with van der Waals surface area (Å²) >= 11 is 0. The van der Waals surface area contributed by atoms with Crippen LogP contribution >= 0.6 is 0 Å². The molecule has 2 N–H and O–H groups in total. The van der Waals surface area contributed by atoms with Gasteiger partial charge >= 0.3 is 0 Å². The second kappa shape index (κ2) is 6.59. The van der Waals surface area contributed by atoms with Gasteiger partial charge in [-0.05, 0) is 49.9 Å². The number of aromatic nitrogens is 2. The van der Waals surface area contributed by atoms with Crippen molar-refractivity contribution in [3.8, 4) is 0 Å². The predicted molar refractivity (Wildman–Crippen MR) is 94.3 cm³/mol. The van der Waals surface area contributed by atoms with Gasteiger partial charge in [0, 0.05) is 29.5 Å². The van der Waals surface area contributed by atoms with E-state index >= 15 is 0 Å². The van der Waals surface area contributed by atoms with Crippen LogP contribution < -0.4 is 10.6 Å². The molecule has 24 heavy (non-hydrogen) atoms. The maximum atomic E-state index is 12.4. The van der Waals surface area contributed by atoms with E-state index in [-0.39, 0.29) is 5.91 Å². The summed E-state index contributed by atoms with van der Waals surface area (Å²) in [6, 6.07) is 10.1. The number of hydrogen-bond donors (Lipinski definition) is 2. The number of hydrogen-bond acceptors (Lipinski definition) is 4. The number of benzene rings is 1. The summed E-state index contributed by atoms with van der Waals surface area (Å²) in [5.41, 5.74) is 2.27. The molecule has 1 heterocycles. The van der Waals surface area contributed by atoms with Crippen LogP contribution in [0.1, 0.15) is 60.8 Å². The fraction of sp³-hybridized carbons (Fsp3) is 0.421. The molecule has 2 saturated carbocycles.